The molecule has 1 aromatic carbocycles. The van der Waals surface area contributed by atoms with Crippen molar-refractivity contribution < 1.29 is 4.74 Å². The Kier molecular flexibility index (Phi) is 4.00. The van der Waals surface area contributed by atoms with E-state index in [1.165, 1.54) is 5.56 Å². The Bertz CT molecular complexity index is 567. The lowest BCUT2D eigenvalue weighted by Gasteiger charge is -2.12. The second kappa shape index (κ2) is 5.69. The molecule has 2 rings (SSSR count). The highest BCUT2D eigenvalue weighted by molar-refractivity contribution is 5.66. The summed E-state index contributed by atoms with van der Waals surface area (Å²) >= 11 is 0. The number of benzene rings is 1. The van der Waals surface area contributed by atoms with E-state index in [4.69, 9.17) is 4.74 Å². The third-order valence-electron chi connectivity index (χ3n) is 3.04. The van der Waals surface area contributed by atoms with Crippen LogP contribution in [0.3, 0.4) is 0 Å². The summed E-state index contributed by atoms with van der Waals surface area (Å²) in [5.74, 6) is 2.71. The molecule has 0 bridgehead atoms. The first-order valence-electron chi connectivity index (χ1n) is 6.34. The third-order valence-corrected chi connectivity index (χ3v) is 3.04. The molecule has 0 aliphatic rings. The van der Waals surface area contributed by atoms with Gasteiger partial charge in [0.05, 0.1) is 12.7 Å². The van der Waals surface area contributed by atoms with Gasteiger partial charge in [-0.05, 0) is 29.7 Å². The smallest absolute Gasteiger partial charge is 0.165 e. The van der Waals surface area contributed by atoms with Crippen molar-refractivity contribution in [1.29, 1.82) is 0 Å². The number of ether oxygens (including phenoxy) is 1. The molecule has 1 aromatic heterocycles. The predicted octanol–water partition coefficient (Wildman–Crippen LogP) is 3.32. The predicted molar refractivity (Wildman–Crippen MR) is 77.7 cm³/mol. The van der Waals surface area contributed by atoms with Crippen molar-refractivity contribution in [1.82, 2.24) is 9.97 Å². The number of aromatic nitrogens is 2. The van der Waals surface area contributed by atoms with Gasteiger partial charge in [-0.15, -0.1) is 0 Å². The van der Waals surface area contributed by atoms with E-state index in [9.17, 15) is 0 Å². The average molecular weight is 257 g/mol. The SMILES string of the molecule is CNc1ccnc(-c2cc(C(C)C)ccc2OC)n1. The van der Waals surface area contributed by atoms with Crippen LogP contribution < -0.4 is 10.1 Å². The average Bonchev–Trinajstić information content (AvgIpc) is 2.46. The molecule has 0 unspecified atom stereocenters. The van der Waals surface area contributed by atoms with Crippen LogP contribution in [0.15, 0.2) is 30.5 Å². The summed E-state index contributed by atoms with van der Waals surface area (Å²) in [6, 6.07) is 7.98. The molecule has 19 heavy (non-hydrogen) atoms. The minimum absolute atomic E-state index is 0.456. The zero-order valence-electron chi connectivity index (χ0n) is 11.8. The first-order valence-corrected chi connectivity index (χ1v) is 6.34. The first kappa shape index (κ1) is 13.3. The van der Waals surface area contributed by atoms with Crippen molar-refractivity contribution in [3.63, 3.8) is 0 Å². The second-order valence-electron chi connectivity index (χ2n) is 4.63. The van der Waals surface area contributed by atoms with E-state index in [0.717, 1.165) is 17.1 Å². The molecule has 0 saturated carbocycles. The van der Waals surface area contributed by atoms with Gasteiger partial charge in [0.2, 0.25) is 0 Å². The minimum Gasteiger partial charge on any atom is -0.496 e. The zero-order chi connectivity index (χ0) is 13.8. The minimum atomic E-state index is 0.456. The van der Waals surface area contributed by atoms with E-state index in [-0.39, 0.29) is 0 Å². The molecule has 1 N–H and O–H groups in total. The van der Waals surface area contributed by atoms with Crippen LogP contribution in [0.1, 0.15) is 25.3 Å². The van der Waals surface area contributed by atoms with Crippen LogP contribution in [0, 0.1) is 0 Å². The number of rotatable bonds is 4. The molecular weight excluding hydrogens is 238 g/mol. The number of nitrogens with zero attached hydrogens (tertiary/aromatic N) is 2. The Morgan fingerprint density at radius 2 is 2.00 bits per heavy atom. The van der Waals surface area contributed by atoms with Gasteiger partial charge in [0.25, 0.3) is 0 Å². The third kappa shape index (κ3) is 2.84. The Labute approximate surface area is 113 Å². The molecule has 100 valence electrons. The molecule has 0 fully saturated rings. The topological polar surface area (TPSA) is 47.0 Å². The van der Waals surface area contributed by atoms with Gasteiger partial charge >= 0.3 is 0 Å². The summed E-state index contributed by atoms with van der Waals surface area (Å²) in [7, 11) is 3.50. The normalized spacial score (nSPS) is 10.6. The van der Waals surface area contributed by atoms with Crippen LogP contribution in [-0.4, -0.2) is 24.1 Å². The molecular formula is C15H19N3O. The number of hydrogen-bond donors (Lipinski definition) is 1. The molecule has 0 aliphatic heterocycles. The zero-order valence-corrected chi connectivity index (χ0v) is 11.8. The lowest BCUT2D eigenvalue weighted by molar-refractivity contribution is 0.416. The van der Waals surface area contributed by atoms with E-state index >= 15 is 0 Å². The Morgan fingerprint density at radius 3 is 2.63 bits per heavy atom. The van der Waals surface area contributed by atoms with Gasteiger partial charge in [-0.3, -0.25) is 0 Å². The van der Waals surface area contributed by atoms with Crippen LogP contribution in [0.4, 0.5) is 5.82 Å². The Morgan fingerprint density at radius 1 is 1.21 bits per heavy atom. The fraction of sp³-hybridized carbons (Fsp3) is 0.333. The van der Waals surface area contributed by atoms with Crippen molar-refractivity contribution in [3.05, 3.63) is 36.0 Å². The van der Waals surface area contributed by atoms with E-state index in [2.05, 4.69) is 41.3 Å². The molecule has 4 heteroatoms. The quantitative estimate of drug-likeness (QED) is 0.912. The largest absolute Gasteiger partial charge is 0.496 e. The van der Waals surface area contributed by atoms with Gasteiger partial charge in [0.15, 0.2) is 5.82 Å². The van der Waals surface area contributed by atoms with Crippen molar-refractivity contribution in [2.75, 3.05) is 19.5 Å². The van der Waals surface area contributed by atoms with Crippen LogP contribution >= 0.6 is 0 Å². The maximum Gasteiger partial charge on any atom is 0.165 e. The van der Waals surface area contributed by atoms with Gasteiger partial charge in [0, 0.05) is 13.2 Å². The van der Waals surface area contributed by atoms with Crippen molar-refractivity contribution in [3.8, 4) is 17.1 Å². The van der Waals surface area contributed by atoms with Gasteiger partial charge in [-0.25, -0.2) is 9.97 Å². The van der Waals surface area contributed by atoms with Crippen LogP contribution in [0.5, 0.6) is 5.75 Å². The van der Waals surface area contributed by atoms with Gasteiger partial charge in [-0.1, -0.05) is 19.9 Å². The summed E-state index contributed by atoms with van der Waals surface area (Å²) < 4.78 is 5.41. The van der Waals surface area contributed by atoms with Crippen molar-refractivity contribution >= 4 is 5.82 Å². The second-order valence-corrected chi connectivity index (χ2v) is 4.63. The van der Waals surface area contributed by atoms with Crippen LogP contribution in [0.25, 0.3) is 11.4 Å². The number of anilines is 1. The van der Waals surface area contributed by atoms with E-state index in [0.29, 0.717) is 11.7 Å². The van der Waals surface area contributed by atoms with Gasteiger partial charge in [-0.2, -0.15) is 0 Å². The van der Waals surface area contributed by atoms with Gasteiger partial charge < -0.3 is 10.1 Å². The maximum atomic E-state index is 5.41. The summed E-state index contributed by atoms with van der Waals surface area (Å²) in [5.41, 5.74) is 2.17. The molecule has 0 atom stereocenters. The number of hydrogen-bond acceptors (Lipinski definition) is 4. The van der Waals surface area contributed by atoms with Gasteiger partial charge in [0.1, 0.15) is 11.6 Å². The highest BCUT2D eigenvalue weighted by Gasteiger charge is 2.11. The van der Waals surface area contributed by atoms with E-state index in [1.54, 1.807) is 13.3 Å². The Balaban J connectivity index is 2.54. The first-order chi connectivity index (χ1) is 9.15. The van der Waals surface area contributed by atoms with Crippen LogP contribution in [0.2, 0.25) is 0 Å². The molecule has 0 radical (unpaired) electrons. The molecule has 0 aliphatic carbocycles. The maximum absolute atomic E-state index is 5.41. The number of nitrogens with one attached hydrogen (secondary N) is 1. The molecule has 0 spiro atoms. The standard InChI is InChI=1S/C15H19N3O/c1-10(2)11-5-6-13(19-4)12(9-11)15-17-8-7-14(16-3)18-15/h5-10H,1-4H3,(H,16,17,18). The summed E-state index contributed by atoms with van der Waals surface area (Å²) in [4.78, 5) is 8.80. The summed E-state index contributed by atoms with van der Waals surface area (Å²) in [6.45, 7) is 4.33. The monoisotopic (exact) mass is 257 g/mol. The molecule has 1 heterocycles. The van der Waals surface area contributed by atoms with Crippen LogP contribution in [-0.2, 0) is 0 Å². The van der Waals surface area contributed by atoms with E-state index in [1.807, 2.05) is 19.2 Å². The fourth-order valence-electron chi connectivity index (χ4n) is 1.89. The van der Waals surface area contributed by atoms with E-state index < -0.39 is 0 Å². The highest BCUT2D eigenvalue weighted by atomic mass is 16.5. The Hall–Kier alpha value is -2.10. The summed E-state index contributed by atoms with van der Waals surface area (Å²) in [5, 5.41) is 3.02. The lowest BCUT2D eigenvalue weighted by atomic mass is 10.00. The molecule has 2 aromatic rings. The molecule has 4 nitrogen and oxygen atoms in total. The van der Waals surface area contributed by atoms with Crippen molar-refractivity contribution in [2.24, 2.45) is 0 Å². The summed E-state index contributed by atoms with van der Waals surface area (Å²) in [6.07, 6.45) is 1.75. The number of methoxy groups -OCH3 is 1. The molecule has 0 saturated heterocycles. The highest BCUT2D eigenvalue weighted by Crippen LogP contribution is 2.31. The van der Waals surface area contributed by atoms with Crippen molar-refractivity contribution in [2.45, 2.75) is 19.8 Å². The fourth-order valence-corrected chi connectivity index (χ4v) is 1.89. The molecule has 0 amide bonds. The lowest BCUT2D eigenvalue weighted by Crippen LogP contribution is -1.98.